The number of halogens is 1. The van der Waals surface area contributed by atoms with Crippen LogP contribution in [0.25, 0.3) is 11.4 Å². The van der Waals surface area contributed by atoms with Gasteiger partial charge in [0.2, 0.25) is 5.91 Å². The average Bonchev–Trinajstić information content (AvgIpc) is 3.10. The number of benzene rings is 2. The molecule has 0 bridgehead atoms. The molecule has 1 heterocycles. The van der Waals surface area contributed by atoms with Gasteiger partial charge in [-0.2, -0.15) is 0 Å². The zero-order chi connectivity index (χ0) is 20.8. The summed E-state index contributed by atoms with van der Waals surface area (Å²) in [7, 11) is 0. The predicted molar refractivity (Wildman–Crippen MR) is 114 cm³/mol. The van der Waals surface area contributed by atoms with Crippen molar-refractivity contribution in [3.63, 3.8) is 0 Å². The number of aromatic nitrogens is 3. The molecule has 0 radical (unpaired) electrons. The Kier molecular flexibility index (Phi) is 7.04. The van der Waals surface area contributed by atoms with E-state index in [4.69, 9.17) is 0 Å². The molecule has 0 aliphatic heterocycles. The van der Waals surface area contributed by atoms with Crippen LogP contribution in [0.15, 0.2) is 59.8 Å². The van der Waals surface area contributed by atoms with Crippen LogP contribution in [0, 0.1) is 11.7 Å². The van der Waals surface area contributed by atoms with Gasteiger partial charge in [0.05, 0.1) is 12.3 Å². The van der Waals surface area contributed by atoms with E-state index in [1.165, 1.54) is 23.9 Å². The lowest BCUT2D eigenvalue weighted by molar-refractivity contribution is -0.119. The van der Waals surface area contributed by atoms with Crippen molar-refractivity contribution in [3.05, 3.63) is 66.0 Å². The number of amides is 1. The molecule has 0 aliphatic carbocycles. The molecule has 1 amide bonds. The summed E-state index contributed by atoms with van der Waals surface area (Å²) in [5.41, 5.74) is 1.87. The first-order chi connectivity index (χ1) is 13.9. The Labute approximate surface area is 174 Å². The summed E-state index contributed by atoms with van der Waals surface area (Å²) in [4.78, 5) is 12.3. The van der Waals surface area contributed by atoms with Crippen molar-refractivity contribution in [3.8, 4) is 11.4 Å². The maximum Gasteiger partial charge on any atom is 0.230 e. The van der Waals surface area contributed by atoms with Gasteiger partial charge in [-0.05, 0) is 42.7 Å². The number of thioether (sulfide) groups is 1. The molecular weight excluding hydrogens is 387 g/mol. The molecule has 0 fully saturated rings. The fourth-order valence-corrected chi connectivity index (χ4v) is 3.46. The first-order valence-electron chi connectivity index (χ1n) is 9.59. The first-order valence-corrected chi connectivity index (χ1v) is 10.6. The Morgan fingerprint density at radius 1 is 1.07 bits per heavy atom. The molecule has 29 heavy (non-hydrogen) atoms. The summed E-state index contributed by atoms with van der Waals surface area (Å²) in [5.74, 6) is 0.943. The Morgan fingerprint density at radius 3 is 2.41 bits per heavy atom. The normalized spacial score (nSPS) is 12.2. The van der Waals surface area contributed by atoms with E-state index >= 15 is 0 Å². The van der Waals surface area contributed by atoms with Gasteiger partial charge < -0.3 is 5.32 Å². The topological polar surface area (TPSA) is 59.8 Å². The smallest absolute Gasteiger partial charge is 0.230 e. The molecule has 0 spiro atoms. The fraction of sp³-hybridized carbons (Fsp3) is 0.318. The van der Waals surface area contributed by atoms with Crippen molar-refractivity contribution in [1.29, 1.82) is 0 Å². The molecule has 1 aromatic heterocycles. The minimum Gasteiger partial charge on any atom is -0.353 e. The lowest BCUT2D eigenvalue weighted by Gasteiger charge is -2.17. The fourth-order valence-electron chi connectivity index (χ4n) is 2.71. The van der Waals surface area contributed by atoms with Crippen LogP contribution in [-0.4, -0.2) is 32.5 Å². The number of nitrogens with zero attached hydrogens (tertiary/aromatic N) is 3. The monoisotopic (exact) mass is 412 g/mol. The molecule has 3 aromatic rings. The second-order valence-electron chi connectivity index (χ2n) is 7.27. The molecule has 0 aliphatic rings. The molecule has 0 saturated carbocycles. The zero-order valence-corrected chi connectivity index (χ0v) is 17.6. The molecule has 1 atom stereocenters. The summed E-state index contributed by atoms with van der Waals surface area (Å²) in [5, 5.41) is 12.3. The van der Waals surface area contributed by atoms with Crippen LogP contribution >= 0.6 is 11.8 Å². The zero-order valence-electron chi connectivity index (χ0n) is 16.8. The van der Waals surface area contributed by atoms with Gasteiger partial charge in [-0.15, -0.1) is 10.2 Å². The molecule has 152 valence electrons. The van der Waals surface area contributed by atoms with Gasteiger partial charge in [0, 0.05) is 11.6 Å². The molecule has 3 rings (SSSR count). The Hall–Kier alpha value is -2.67. The van der Waals surface area contributed by atoms with Crippen LogP contribution < -0.4 is 5.32 Å². The first kappa shape index (κ1) is 21.0. The van der Waals surface area contributed by atoms with Crippen LogP contribution in [0.5, 0.6) is 0 Å². The second kappa shape index (κ2) is 9.69. The third-order valence-corrected chi connectivity index (χ3v) is 5.69. The highest BCUT2D eigenvalue weighted by atomic mass is 32.2. The molecule has 0 saturated heterocycles. The Morgan fingerprint density at radius 2 is 1.76 bits per heavy atom. The number of nitrogens with one attached hydrogen (secondary N) is 1. The van der Waals surface area contributed by atoms with Gasteiger partial charge in [0.25, 0.3) is 0 Å². The predicted octanol–water partition coefficient (Wildman–Crippen LogP) is 4.39. The quantitative estimate of drug-likeness (QED) is 0.558. The maximum absolute atomic E-state index is 13.3. The van der Waals surface area contributed by atoms with Crippen LogP contribution in [0.1, 0.15) is 26.3 Å². The minimum atomic E-state index is -0.298. The van der Waals surface area contributed by atoms with E-state index in [2.05, 4.69) is 29.4 Å². The second-order valence-corrected chi connectivity index (χ2v) is 8.22. The summed E-state index contributed by atoms with van der Waals surface area (Å²) in [6.45, 7) is 6.71. The van der Waals surface area contributed by atoms with E-state index in [1.807, 2.05) is 41.8 Å². The van der Waals surface area contributed by atoms with E-state index in [9.17, 15) is 9.18 Å². The SMILES string of the molecule is CC(C)[C@@H](C)NC(=O)CSc1nnc(-c2ccc(F)cc2)n1Cc1ccccc1. The number of rotatable bonds is 8. The van der Waals surface area contributed by atoms with Crippen molar-refractivity contribution in [2.45, 2.75) is 38.5 Å². The van der Waals surface area contributed by atoms with Crippen LogP contribution in [0.2, 0.25) is 0 Å². The van der Waals surface area contributed by atoms with E-state index < -0.39 is 0 Å². The molecule has 7 heteroatoms. The summed E-state index contributed by atoms with van der Waals surface area (Å²) in [6, 6.07) is 16.3. The lowest BCUT2D eigenvalue weighted by Crippen LogP contribution is -2.37. The summed E-state index contributed by atoms with van der Waals surface area (Å²) >= 11 is 1.35. The Balaban J connectivity index is 1.82. The minimum absolute atomic E-state index is 0.0335. The van der Waals surface area contributed by atoms with E-state index in [1.54, 1.807) is 12.1 Å². The summed E-state index contributed by atoms with van der Waals surface area (Å²) in [6.07, 6.45) is 0. The van der Waals surface area contributed by atoms with Crippen LogP contribution in [0.3, 0.4) is 0 Å². The van der Waals surface area contributed by atoms with Gasteiger partial charge in [-0.25, -0.2) is 4.39 Å². The average molecular weight is 413 g/mol. The molecule has 0 unspecified atom stereocenters. The van der Waals surface area contributed by atoms with Crippen LogP contribution in [0.4, 0.5) is 4.39 Å². The number of carbonyl (C=O) groups is 1. The van der Waals surface area contributed by atoms with Crippen molar-refractivity contribution in [2.24, 2.45) is 5.92 Å². The maximum atomic E-state index is 13.3. The van der Waals surface area contributed by atoms with Gasteiger partial charge >= 0.3 is 0 Å². The Bertz CT molecular complexity index is 941. The van der Waals surface area contributed by atoms with Crippen molar-refractivity contribution < 1.29 is 9.18 Å². The number of hydrogen-bond donors (Lipinski definition) is 1. The van der Waals surface area contributed by atoms with E-state index in [0.717, 1.165) is 11.1 Å². The third-order valence-electron chi connectivity index (χ3n) is 4.72. The molecule has 1 N–H and O–H groups in total. The molecule has 5 nitrogen and oxygen atoms in total. The van der Waals surface area contributed by atoms with Crippen LogP contribution in [-0.2, 0) is 11.3 Å². The van der Waals surface area contributed by atoms with Crippen molar-refractivity contribution >= 4 is 17.7 Å². The van der Waals surface area contributed by atoms with E-state index in [0.29, 0.717) is 23.4 Å². The van der Waals surface area contributed by atoms with Gasteiger partial charge in [-0.1, -0.05) is 55.9 Å². The third kappa shape index (κ3) is 5.67. The van der Waals surface area contributed by atoms with Gasteiger partial charge in [-0.3, -0.25) is 9.36 Å². The van der Waals surface area contributed by atoms with Crippen molar-refractivity contribution in [2.75, 3.05) is 5.75 Å². The lowest BCUT2D eigenvalue weighted by atomic mass is 10.1. The van der Waals surface area contributed by atoms with Gasteiger partial charge in [0.15, 0.2) is 11.0 Å². The molecular formula is C22H25FN4OS. The number of hydrogen-bond acceptors (Lipinski definition) is 4. The largest absolute Gasteiger partial charge is 0.353 e. The molecule has 2 aromatic carbocycles. The van der Waals surface area contributed by atoms with Crippen molar-refractivity contribution in [1.82, 2.24) is 20.1 Å². The standard InChI is InChI=1S/C22H25FN4OS/c1-15(2)16(3)24-20(28)14-29-22-26-25-21(18-9-11-19(23)12-10-18)27(22)13-17-7-5-4-6-8-17/h4-12,15-16H,13-14H2,1-3H3,(H,24,28)/t16-/m1/s1. The van der Waals surface area contributed by atoms with E-state index in [-0.39, 0.29) is 23.5 Å². The highest BCUT2D eigenvalue weighted by molar-refractivity contribution is 7.99. The number of carbonyl (C=O) groups excluding carboxylic acids is 1. The summed E-state index contributed by atoms with van der Waals surface area (Å²) < 4.78 is 15.3. The highest BCUT2D eigenvalue weighted by Gasteiger charge is 2.17. The van der Waals surface area contributed by atoms with Gasteiger partial charge in [0.1, 0.15) is 5.82 Å². The highest BCUT2D eigenvalue weighted by Crippen LogP contribution is 2.25.